The quantitative estimate of drug-likeness (QED) is 0.846. The van der Waals surface area contributed by atoms with E-state index < -0.39 is 0 Å². The fourth-order valence-corrected chi connectivity index (χ4v) is 2.06. The Kier molecular flexibility index (Phi) is 3.75. The van der Waals surface area contributed by atoms with Crippen LogP contribution in [-0.4, -0.2) is 32.0 Å². The first-order valence-corrected chi connectivity index (χ1v) is 5.89. The third-order valence-corrected chi connectivity index (χ3v) is 2.83. The lowest BCUT2D eigenvalue weighted by Gasteiger charge is -2.15. The van der Waals surface area contributed by atoms with Gasteiger partial charge in [-0.15, -0.1) is 0 Å². The highest BCUT2D eigenvalue weighted by molar-refractivity contribution is 6.31. The van der Waals surface area contributed by atoms with Crippen molar-refractivity contribution in [2.24, 2.45) is 0 Å². The first kappa shape index (κ1) is 12.1. The number of hydrogen-bond acceptors (Lipinski definition) is 4. The molecule has 92 valence electrons. The molecule has 0 aromatic carbocycles. The van der Waals surface area contributed by atoms with Gasteiger partial charge < -0.3 is 5.32 Å². The summed E-state index contributed by atoms with van der Waals surface area (Å²) >= 11 is 6.19. The summed E-state index contributed by atoms with van der Waals surface area (Å²) in [4.78, 5) is 4.16. The van der Waals surface area contributed by atoms with Gasteiger partial charge in [-0.2, -0.15) is 10.2 Å². The molecule has 17 heavy (non-hydrogen) atoms. The van der Waals surface area contributed by atoms with Gasteiger partial charge in [0.15, 0.2) is 0 Å². The van der Waals surface area contributed by atoms with Crippen LogP contribution >= 0.6 is 11.6 Å². The van der Waals surface area contributed by atoms with Gasteiger partial charge in [0.05, 0.1) is 16.9 Å². The first-order chi connectivity index (χ1) is 8.27. The predicted molar refractivity (Wildman–Crippen MR) is 64.8 cm³/mol. The van der Waals surface area contributed by atoms with Gasteiger partial charge in [0.1, 0.15) is 18.2 Å². The van der Waals surface area contributed by atoms with Crippen LogP contribution in [0.2, 0.25) is 5.02 Å². The van der Waals surface area contributed by atoms with E-state index in [1.54, 1.807) is 6.20 Å². The Labute approximate surface area is 104 Å². The van der Waals surface area contributed by atoms with Crippen LogP contribution in [0.4, 0.5) is 0 Å². The number of hydrogen-bond donors (Lipinski definition) is 2. The van der Waals surface area contributed by atoms with Crippen LogP contribution in [0, 0.1) is 0 Å². The van der Waals surface area contributed by atoms with E-state index in [4.69, 9.17) is 11.6 Å². The Morgan fingerprint density at radius 2 is 2.41 bits per heavy atom. The third-order valence-electron chi connectivity index (χ3n) is 2.54. The minimum atomic E-state index is -0.126. The Morgan fingerprint density at radius 1 is 1.59 bits per heavy atom. The molecule has 2 aromatic rings. The summed E-state index contributed by atoms with van der Waals surface area (Å²) in [5.41, 5.74) is 0.910. The molecule has 1 atom stereocenters. The zero-order valence-corrected chi connectivity index (χ0v) is 10.6. The normalized spacial score (nSPS) is 12.9. The van der Waals surface area contributed by atoms with Crippen LogP contribution in [0.1, 0.15) is 30.9 Å². The molecular formula is C10H15ClN6. The average molecular weight is 255 g/mol. The molecule has 1 unspecified atom stereocenters. The summed E-state index contributed by atoms with van der Waals surface area (Å²) in [6, 6.07) is -0.126. The zero-order chi connectivity index (χ0) is 12.3. The van der Waals surface area contributed by atoms with Crippen molar-refractivity contribution in [1.82, 2.24) is 30.3 Å². The second-order valence-corrected chi connectivity index (χ2v) is 4.10. The van der Waals surface area contributed by atoms with Crippen molar-refractivity contribution in [2.45, 2.75) is 25.9 Å². The van der Waals surface area contributed by atoms with Crippen molar-refractivity contribution in [3.8, 4) is 0 Å². The van der Waals surface area contributed by atoms with E-state index in [0.29, 0.717) is 5.02 Å². The molecule has 2 heterocycles. The molecule has 0 bridgehead atoms. The predicted octanol–water partition coefficient (Wildman–Crippen LogP) is 1.37. The highest BCUT2D eigenvalue weighted by Crippen LogP contribution is 2.26. The van der Waals surface area contributed by atoms with Gasteiger partial charge in [-0.25, -0.2) is 4.98 Å². The number of H-pyrrole nitrogens is 1. The second kappa shape index (κ2) is 5.29. The van der Waals surface area contributed by atoms with E-state index >= 15 is 0 Å². The highest BCUT2D eigenvalue weighted by Gasteiger charge is 2.22. The van der Waals surface area contributed by atoms with E-state index in [1.165, 1.54) is 6.33 Å². The number of aryl methyl sites for hydroxylation is 1. The number of rotatable bonds is 5. The molecule has 0 fully saturated rings. The fraction of sp³-hybridized carbons (Fsp3) is 0.500. The molecule has 0 aliphatic heterocycles. The summed E-state index contributed by atoms with van der Waals surface area (Å²) in [6.45, 7) is 2.93. The molecule has 0 saturated carbocycles. The molecule has 0 amide bonds. The van der Waals surface area contributed by atoms with Crippen molar-refractivity contribution in [3.63, 3.8) is 0 Å². The van der Waals surface area contributed by atoms with Gasteiger partial charge in [0.25, 0.3) is 0 Å². The molecule has 2 rings (SSSR count). The van der Waals surface area contributed by atoms with Gasteiger partial charge in [0, 0.05) is 6.54 Å². The Bertz CT molecular complexity index is 463. The lowest BCUT2D eigenvalue weighted by Crippen LogP contribution is -2.23. The van der Waals surface area contributed by atoms with Crippen LogP contribution in [-0.2, 0) is 6.54 Å². The van der Waals surface area contributed by atoms with E-state index in [-0.39, 0.29) is 6.04 Å². The Morgan fingerprint density at radius 3 is 3.00 bits per heavy atom. The number of halogens is 1. The fourth-order valence-electron chi connectivity index (χ4n) is 1.81. The summed E-state index contributed by atoms with van der Waals surface area (Å²) in [7, 11) is 1.85. The van der Waals surface area contributed by atoms with E-state index in [1.807, 2.05) is 11.7 Å². The minimum absolute atomic E-state index is 0.126. The maximum absolute atomic E-state index is 6.19. The molecule has 6 nitrogen and oxygen atoms in total. The molecule has 2 aromatic heterocycles. The van der Waals surface area contributed by atoms with Crippen LogP contribution in [0.25, 0.3) is 0 Å². The average Bonchev–Trinajstić information content (AvgIpc) is 2.94. The molecule has 0 spiro atoms. The third kappa shape index (κ3) is 2.32. The molecule has 2 N–H and O–H groups in total. The van der Waals surface area contributed by atoms with Gasteiger partial charge in [0.2, 0.25) is 0 Å². The summed E-state index contributed by atoms with van der Waals surface area (Å²) in [5, 5.41) is 14.8. The van der Waals surface area contributed by atoms with Crippen LogP contribution in [0.3, 0.4) is 0 Å². The number of nitrogens with zero attached hydrogens (tertiary/aromatic N) is 4. The van der Waals surface area contributed by atoms with Gasteiger partial charge in [-0.3, -0.25) is 9.78 Å². The van der Waals surface area contributed by atoms with Crippen LogP contribution < -0.4 is 5.32 Å². The van der Waals surface area contributed by atoms with Gasteiger partial charge in [-0.05, 0) is 13.5 Å². The second-order valence-electron chi connectivity index (χ2n) is 3.69. The summed E-state index contributed by atoms with van der Waals surface area (Å²) in [5.74, 6) is 0.729. The Hall–Kier alpha value is -1.40. The molecule has 0 aliphatic rings. The smallest absolute Gasteiger partial charge is 0.147 e. The molecule has 0 saturated heterocycles. The Balaban J connectivity index is 2.39. The van der Waals surface area contributed by atoms with Crippen molar-refractivity contribution in [2.75, 3.05) is 7.05 Å². The van der Waals surface area contributed by atoms with E-state index in [2.05, 4.69) is 32.5 Å². The molecule has 0 radical (unpaired) electrons. The number of aromatic amines is 1. The maximum Gasteiger partial charge on any atom is 0.147 e. The van der Waals surface area contributed by atoms with Gasteiger partial charge >= 0.3 is 0 Å². The van der Waals surface area contributed by atoms with Crippen LogP contribution in [0.5, 0.6) is 0 Å². The SMILES string of the molecule is CCCn1ncc(Cl)c1C(NC)c1ncn[nH]1. The van der Waals surface area contributed by atoms with Crippen LogP contribution in [0.15, 0.2) is 12.5 Å². The summed E-state index contributed by atoms with van der Waals surface area (Å²) in [6.07, 6.45) is 4.14. The lowest BCUT2D eigenvalue weighted by atomic mass is 10.2. The largest absolute Gasteiger partial charge is 0.305 e. The first-order valence-electron chi connectivity index (χ1n) is 5.51. The topological polar surface area (TPSA) is 71.4 Å². The van der Waals surface area contributed by atoms with Crippen molar-refractivity contribution < 1.29 is 0 Å². The minimum Gasteiger partial charge on any atom is -0.305 e. The molecule has 0 aliphatic carbocycles. The van der Waals surface area contributed by atoms with Crippen molar-refractivity contribution in [3.05, 3.63) is 29.1 Å². The lowest BCUT2D eigenvalue weighted by molar-refractivity contribution is 0.524. The maximum atomic E-state index is 6.19. The van der Waals surface area contributed by atoms with Crippen molar-refractivity contribution in [1.29, 1.82) is 0 Å². The zero-order valence-electron chi connectivity index (χ0n) is 9.81. The summed E-state index contributed by atoms with van der Waals surface area (Å²) < 4.78 is 1.89. The monoisotopic (exact) mass is 254 g/mol. The van der Waals surface area contributed by atoms with Gasteiger partial charge in [-0.1, -0.05) is 18.5 Å². The standard InChI is InChI=1S/C10H15ClN6/c1-3-4-17-9(7(11)5-15-17)8(12-2)10-13-6-14-16-10/h5-6,8,12H,3-4H2,1-2H3,(H,13,14,16). The van der Waals surface area contributed by atoms with E-state index in [9.17, 15) is 0 Å². The van der Waals surface area contributed by atoms with Crippen molar-refractivity contribution >= 4 is 11.6 Å². The highest BCUT2D eigenvalue weighted by atomic mass is 35.5. The number of aromatic nitrogens is 5. The number of nitrogens with one attached hydrogen (secondary N) is 2. The molecular weight excluding hydrogens is 240 g/mol. The van der Waals surface area contributed by atoms with E-state index in [0.717, 1.165) is 24.5 Å². The molecule has 7 heteroatoms.